The van der Waals surface area contributed by atoms with Crippen LogP contribution in [0.25, 0.3) is 0 Å². The molecule has 7 nitrogen and oxygen atoms in total. The number of para-hydroxylation sites is 1. The summed E-state index contributed by atoms with van der Waals surface area (Å²) in [5, 5.41) is 3.69. The molecule has 0 saturated carbocycles. The maximum absolute atomic E-state index is 11.3. The van der Waals surface area contributed by atoms with Gasteiger partial charge in [-0.1, -0.05) is 12.1 Å². The smallest absolute Gasteiger partial charge is 0.449 e. The first kappa shape index (κ1) is 15.5. The lowest BCUT2D eigenvalue weighted by molar-refractivity contribution is 0.104. The van der Waals surface area contributed by atoms with Crippen molar-refractivity contribution in [1.82, 2.24) is 5.43 Å². The fraction of sp³-hybridized carbons (Fsp3) is 0.308. The molecule has 0 radical (unpaired) electrons. The molecular formula is C13H16N2O5. The van der Waals surface area contributed by atoms with Crippen LogP contribution in [0.5, 0.6) is 5.75 Å². The Hall–Kier alpha value is -2.57. The highest BCUT2D eigenvalue weighted by Gasteiger charge is 2.08. The van der Waals surface area contributed by atoms with Crippen LogP contribution in [-0.4, -0.2) is 31.7 Å². The molecule has 0 atom stereocenters. The molecule has 1 aromatic carbocycles. The third-order valence-electron chi connectivity index (χ3n) is 2.01. The van der Waals surface area contributed by atoms with Gasteiger partial charge in [-0.2, -0.15) is 5.10 Å². The lowest BCUT2D eigenvalue weighted by Gasteiger charge is -2.06. The van der Waals surface area contributed by atoms with Crippen LogP contribution in [0.4, 0.5) is 9.59 Å². The summed E-state index contributed by atoms with van der Waals surface area (Å²) in [5.41, 5.74) is 2.69. The Labute approximate surface area is 116 Å². The molecular weight excluding hydrogens is 264 g/mol. The van der Waals surface area contributed by atoms with Gasteiger partial charge in [-0.15, -0.1) is 0 Å². The first-order valence-electron chi connectivity index (χ1n) is 6.06. The van der Waals surface area contributed by atoms with Crippen molar-refractivity contribution in [3.05, 3.63) is 29.8 Å². The molecule has 0 heterocycles. The van der Waals surface area contributed by atoms with Crippen LogP contribution in [0, 0.1) is 0 Å². The average molecular weight is 280 g/mol. The lowest BCUT2D eigenvalue weighted by Crippen LogP contribution is -2.18. The molecule has 0 aliphatic heterocycles. The van der Waals surface area contributed by atoms with Crippen molar-refractivity contribution < 1.29 is 23.8 Å². The predicted molar refractivity (Wildman–Crippen MR) is 71.8 cm³/mol. The number of nitrogens with one attached hydrogen (secondary N) is 1. The third kappa shape index (κ3) is 5.38. The van der Waals surface area contributed by atoms with Gasteiger partial charge >= 0.3 is 12.2 Å². The van der Waals surface area contributed by atoms with E-state index in [0.717, 1.165) is 0 Å². The molecule has 0 bridgehead atoms. The maximum atomic E-state index is 11.3. The minimum atomic E-state index is -0.799. The van der Waals surface area contributed by atoms with E-state index in [1.807, 2.05) is 0 Å². The number of benzene rings is 1. The molecule has 1 aromatic rings. The zero-order valence-electron chi connectivity index (χ0n) is 11.3. The van der Waals surface area contributed by atoms with Gasteiger partial charge in [-0.25, -0.2) is 15.0 Å². The molecule has 0 aliphatic rings. The molecule has 7 heteroatoms. The number of hydrazone groups is 1. The second kappa shape index (κ2) is 8.52. The van der Waals surface area contributed by atoms with Crippen molar-refractivity contribution in [2.75, 3.05) is 13.2 Å². The van der Waals surface area contributed by atoms with Gasteiger partial charge in [0.25, 0.3) is 0 Å². The normalized spacial score (nSPS) is 10.1. The number of carbonyl (C=O) groups excluding carboxylic acids is 2. The minimum Gasteiger partial charge on any atom is -0.449 e. The number of rotatable bonds is 5. The number of ether oxygens (including phenoxy) is 3. The van der Waals surface area contributed by atoms with Gasteiger partial charge in [-0.05, 0) is 26.0 Å². The molecule has 1 N–H and O–H groups in total. The van der Waals surface area contributed by atoms with Gasteiger partial charge in [0.05, 0.1) is 19.4 Å². The van der Waals surface area contributed by atoms with Gasteiger partial charge in [0.2, 0.25) is 0 Å². The van der Waals surface area contributed by atoms with Crippen LogP contribution in [0.3, 0.4) is 0 Å². The third-order valence-corrected chi connectivity index (χ3v) is 2.01. The van der Waals surface area contributed by atoms with Crippen LogP contribution >= 0.6 is 0 Å². The first-order chi connectivity index (χ1) is 9.67. The van der Waals surface area contributed by atoms with E-state index in [0.29, 0.717) is 5.56 Å². The molecule has 0 aliphatic carbocycles. The molecule has 0 spiro atoms. The standard InChI is InChI=1S/C13H16N2O5/c1-3-18-12(16)15-14-9-10-7-5-6-8-11(10)20-13(17)19-4-2/h5-9H,3-4H2,1-2H3,(H,15,16)/b14-9+. The summed E-state index contributed by atoms with van der Waals surface area (Å²) in [4.78, 5) is 22.3. The molecule has 0 fully saturated rings. The van der Waals surface area contributed by atoms with E-state index in [2.05, 4.69) is 20.0 Å². The second-order valence-corrected chi connectivity index (χ2v) is 3.41. The van der Waals surface area contributed by atoms with E-state index < -0.39 is 12.2 Å². The molecule has 1 rings (SSSR count). The molecule has 0 saturated heterocycles. The Morgan fingerprint density at radius 2 is 1.90 bits per heavy atom. The van der Waals surface area contributed by atoms with Crippen LogP contribution in [0.2, 0.25) is 0 Å². The van der Waals surface area contributed by atoms with Crippen molar-refractivity contribution in [2.24, 2.45) is 5.10 Å². The van der Waals surface area contributed by atoms with Crippen molar-refractivity contribution in [3.63, 3.8) is 0 Å². The number of carbonyl (C=O) groups is 2. The van der Waals surface area contributed by atoms with Crippen molar-refractivity contribution >= 4 is 18.5 Å². The molecule has 20 heavy (non-hydrogen) atoms. The molecule has 0 unspecified atom stereocenters. The summed E-state index contributed by atoms with van der Waals surface area (Å²) in [6.07, 6.45) is -0.120. The number of hydrogen-bond donors (Lipinski definition) is 1. The van der Waals surface area contributed by atoms with E-state index >= 15 is 0 Å². The van der Waals surface area contributed by atoms with Gasteiger partial charge in [0.15, 0.2) is 0 Å². The second-order valence-electron chi connectivity index (χ2n) is 3.41. The fourth-order valence-corrected chi connectivity index (χ4v) is 1.24. The summed E-state index contributed by atoms with van der Waals surface area (Å²) in [6.45, 7) is 3.84. The van der Waals surface area contributed by atoms with Gasteiger partial charge in [-0.3, -0.25) is 0 Å². The zero-order chi connectivity index (χ0) is 14.8. The SMILES string of the molecule is CCOC(=O)N/N=C/c1ccccc1OC(=O)OCC. The Morgan fingerprint density at radius 1 is 1.20 bits per heavy atom. The highest BCUT2D eigenvalue weighted by atomic mass is 16.7. The minimum absolute atomic E-state index is 0.222. The quantitative estimate of drug-likeness (QED) is 0.387. The van der Waals surface area contributed by atoms with Crippen molar-refractivity contribution in [1.29, 1.82) is 0 Å². The van der Waals surface area contributed by atoms with E-state index in [-0.39, 0.29) is 19.0 Å². The zero-order valence-corrected chi connectivity index (χ0v) is 11.3. The number of amides is 1. The molecule has 1 amide bonds. The number of hydrogen-bond acceptors (Lipinski definition) is 6. The molecule has 0 aromatic heterocycles. The maximum Gasteiger partial charge on any atom is 0.513 e. The van der Waals surface area contributed by atoms with Crippen LogP contribution in [0.15, 0.2) is 29.4 Å². The van der Waals surface area contributed by atoms with Crippen LogP contribution in [0.1, 0.15) is 19.4 Å². The summed E-state index contributed by atoms with van der Waals surface area (Å²) in [7, 11) is 0. The number of nitrogens with zero attached hydrogens (tertiary/aromatic N) is 1. The van der Waals surface area contributed by atoms with Gasteiger partial charge in [0.1, 0.15) is 5.75 Å². The molecule has 108 valence electrons. The Balaban J connectivity index is 2.67. The summed E-state index contributed by atoms with van der Waals surface area (Å²) >= 11 is 0. The Morgan fingerprint density at radius 3 is 2.60 bits per heavy atom. The topological polar surface area (TPSA) is 86.2 Å². The Kier molecular flexibility index (Phi) is 6.60. The predicted octanol–water partition coefficient (Wildman–Crippen LogP) is 2.30. The van der Waals surface area contributed by atoms with Crippen LogP contribution < -0.4 is 10.2 Å². The monoisotopic (exact) mass is 280 g/mol. The van der Waals surface area contributed by atoms with Crippen molar-refractivity contribution in [2.45, 2.75) is 13.8 Å². The summed E-state index contributed by atoms with van der Waals surface area (Å²) < 4.78 is 14.3. The average Bonchev–Trinajstić information content (AvgIpc) is 2.41. The van der Waals surface area contributed by atoms with Gasteiger partial charge in [0, 0.05) is 5.56 Å². The summed E-state index contributed by atoms with van der Waals surface area (Å²) in [5.74, 6) is 0.278. The lowest BCUT2D eigenvalue weighted by atomic mass is 10.2. The first-order valence-corrected chi connectivity index (χ1v) is 6.06. The highest BCUT2D eigenvalue weighted by molar-refractivity contribution is 5.85. The highest BCUT2D eigenvalue weighted by Crippen LogP contribution is 2.16. The summed E-state index contributed by atoms with van der Waals surface area (Å²) in [6, 6.07) is 6.70. The van der Waals surface area contributed by atoms with E-state index in [9.17, 15) is 9.59 Å². The Bertz CT molecular complexity index is 487. The largest absolute Gasteiger partial charge is 0.513 e. The van der Waals surface area contributed by atoms with Crippen molar-refractivity contribution in [3.8, 4) is 5.75 Å². The van der Waals surface area contributed by atoms with E-state index in [4.69, 9.17) is 4.74 Å². The van der Waals surface area contributed by atoms with E-state index in [1.165, 1.54) is 6.21 Å². The van der Waals surface area contributed by atoms with Gasteiger partial charge < -0.3 is 14.2 Å². The van der Waals surface area contributed by atoms with E-state index in [1.54, 1.807) is 38.1 Å². The fourth-order valence-electron chi connectivity index (χ4n) is 1.24. The van der Waals surface area contributed by atoms with Crippen LogP contribution in [-0.2, 0) is 9.47 Å².